The highest BCUT2D eigenvalue weighted by Gasteiger charge is 2.35. The Balaban J connectivity index is 1.60. The summed E-state index contributed by atoms with van der Waals surface area (Å²) >= 11 is 0. The molecule has 0 bridgehead atoms. The Hall–Kier alpha value is -3.38. The van der Waals surface area contributed by atoms with Crippen LogP contribution in [0.2, 0.25) is 0 Å². The Morgan fingerprint density at radius 1 is 0.903 bits per heavy atom. The van der Waals surface area contributed by atoms with Gasteiger partial charge in [-0.3, -0.25) is 0 Å². The van der Waals surface area contributed by atoms with Crippen LogP contribution in [0.15, 0.2) is 42.5 Å². The molecule has 5 rings (SSSR count). The first-order chi connectivity index (χ1) is 15.0. The topological polar surface area (TPSA) is 88.4 Å². The minimum Gasteiger partial charge on any atom is -0.508 e. The highest BCUT2D eigenvalue weighted by atomic mass is 16.5. The van der Waals surface area contributed by atoms with Crippen LogP contribution in [-0.4, -0.2) is 35.6 Å². The fourth-order valence-corrected chi connectivity index (χ4v) is 4.77. The molecule has 3 aromatic carbocycles. The molecule has 0 fully saturated rings. The zero-order chi connectivity index (χ0) is 21.7. The average Bonchev–Trinajstić information content (AvgIpc) is 2.78. The molecular formula is C25H24O6. The highest BCUT2D eigenvalue weighted by molar-refractivity contribution is 5.82. The molecule has 3 N–H and O–H groups in total. The van der Waals surface area contributed by atoms with E-state index < -0.39 is 12.2 Å². The smallest absolute Gasteiger partial charge is 0.160 e. The molecule has 1 aliphatic heterocycles. The second-order valence-corrected chi connectivity index (χ2v) is 7.99. The molecule has 2 atom stereocenters. The van der Waals surface area contributed by atoms with E-state index in [9.17, 15) is 15.3 Å². The van der Waals surface area contributed by atoms with Gasteiger partial charge in [0.1, 0.15) is 23.4 Å². The molecule has 1 aliphatic carbocycles. The zero-order valence-electron chi connectivity index (χ0n) is 17.4. The van der Waals surface area contributed by atoms with E-state index >= 15 is 0 Å². The number of hydrogen-bond donors (Lipinski definition) is 3. The van der Waals surface area contributed by atoms with E-state index in [0.29, 0.717) is 23.7 Å². The van der Waals surface area contributed by atoms with E-state index in [2.05, 4.69) is 0 Å². The number of aromatic hydroxyl groups is 2. The van der Waals surface area contributed by atoms with Crippen molar-refractivity contribution in [3.8, 4) is 39.9 Å². The van der Waals surface area contributed by atoms with Crippen LogP contribution in [0.25, 0.3) is 11.1 Å². The predicted molar refractivity (Wildman–Crippen MR) is 115 cm³/mol. The lowest BCUT2D eigenvalue weighted by Gasteiger charge is -2.35. The molecule has 2 aliphatic rings. The van der Waals surface area contributed by atoms with Crippen LogP contribution in [0.4, 0.5) is 0 Å². The molecule has 6 nitrogen and oxygen atoms in total. The van der Waals surface area contributed by atoms with Crippen molar-refractivity contribution >= 4 is 0 Å². The summed E-state index contributed by atoms with van der Waals surface area (Å²) in [5, 5.41) is 30.7. The van der Waals surface area contributed by atoms with Gasteiger partial charge in [0, 0.05) is 23.6 Å². The Morgan fingerprint density at radius 2 is 1.71 bits per heavy atom. The molecule has 1 heterocycles. The fourth-order valence-electron chi connectivity index (χ4n) is 4.77. The molecule has 0 saturated heterocycles. The van der Waals surface area contributed by atoms with E-state index in [4.69, 9.17) is 14.2 Å². The molecule has 3 aromatic rings. The largest absolute Gasteiger partial charge is 0.508 e. The quantitative estimate of drug-likeness (QED) is 0.595. The van der Waals surface area contributed by atoms with Crippen LogP contribution in [-0.2, 0) is 19.3 Å². The van der Waals surface area contributed by atoms with E-state index in [1.54, 1.807) is 37.4 Å². The molecule has 0 spiro atoms. The van der Waals surface area contributed by atoms with Gasteiger partial charge >= 0.3 is 0 Å². The minimum atomic E-state index is -0.750. The van der Waals surface area contributed by atoms with Crippen molar-refractivity contribution in [2.45, 2.75) is 31.5 Å². The number of phenols is 2. The van der Waals surface area contributed by atoms with Crippen molar-refractivity contribution in [1.29, 1.82) is 0 Å². The summed E-state index contributed by atoms with van der Waals surface area (Å²) < 4.78 is 17.2. The Bertz CT molecular complexity index is 1170. The summed E-state index contributed by atoms with van der Waals surface area (Å²) in [7, 11) is 3.12. The molecule has 0 unspecified atom stereocenters. The van der Waals surface area contributed by atoms with Crippen molar-refractivity contribution < 1.29 is 29.5 Å². The average molecular weight is 420 g/mol. The van der Waals surface area contributed by atoms with E-state index in [1.165, 1.54) is 7.11 Å². The second kappa shape index (κ2) is 7.39. The third-order valence-corrected chi connectivity index (χ3v) is 6.24. The van der Waals surface area contributed by atoms with E-state index in [0.717, 1.165) is 46.2 Å². The Kier molecular flexibility index (Phi) is 4.67. The maximum atomic E-state index is 11.0. The third-order valence-electron chi connectivity index (χ3n) is 6.24. The second-order valence-electron chi connectivity index (χ2n) is 7.99. The number of hydrogen-bond acceptors (Lipinski definition) is 6. The predicted octanol–water partition coefficient (Wildman–Crippen LogP) is 3.92. The SMILES string of the molecule is COc1cc([C@H]2Oc3cc(OC)c4c(c3C[C@H]2O)CCc2cc(O)ccc2-4)ccc1O. The number of phenolic OH excluding ortho intramolecular Hbond substituents is 2. The number of ether oxygens (including phenoxy) is 3. The van der Waals surface area contributed by atoms with Gasteiger partial charge in [0.2, 0.25) is 0 Å². The maximum Gasteiger partial charge on any atom is 0.160 e. The summed E-state index contributed by atoms with van der Waals surface area (Å²) in [5.41, 5.74) is 5.96. The molecule has 0 saturated carbocycles. The summed E-state index contributed by atoms with van der Waals surface area (Å²) in [6.45, 7) is 0. The minimum absolute atomic E-state index is 0.0393. The summed E-state index contributed by atoms with van der Waals surface area (Å²) in [5.74, 6) is 2.03. The standard InChI is InChI=1S/C25H24O6/c1-29-22-10-14(4-8-19(22)27)25-20(28)11-18-17-6-3-13-9-15(26)5-7-16(13)24(17)23(30-2)12-21(18)31-25/h4-5,7-10,12,20,25-28H,3,6,11H2,1-2H3/t20-,25-/m1/s1. The van der Waals surface area contributed by atoms with Crippen molar-refractivity contribution in [3.63, 3.8) is 0 Å². The van der Waals surface area contributed by atoms with Gasteiger partial charge in [-0.2, -0.15) is 0 Å². The van der Waals surface area contributed by atoms with Crippen LogP contribution in [0, 0.1) is 0 Å². The van der Waals surface area contributed by atoms with Crippen molar-refractivity contribution in [1.82, 2.24) is 0 Å². The monoisotopic (exact) mass is 420 g/mol. The van der Waals surface area contributed by atoms with Crippen LogP contribution < -0.4 is 14.2 Å². The number of fused-ring (bicyclic) bond motifs is 5. The number of aliphatic hydroxyl groups is 1. The van der Waals surface area contributed by atoms with E-state index in [1.807, 2.05) is 12.1 Å². The van der Waals surface area contributed by atoms with Crippen molar-refractivity contribution in [2.24, 2.45) is 0 Å². The molecule has 6 heteroatoms. The fraction of sp³-hybridized carbons (Fsp3) is 0.280. The lowest BCUT2D eigenvalue weighted by atomic mass is 9.80. The molecule has 0 aromatic heterocycles. The van der Waals surface area contributed by atoms with Gasteiger partial charge < -0.3 is 29.5 Å². The summed E-state index contributed by atoms with van der Waals surface area (Å²) in [4.78, 5) is 0. The van der Waals surface area contributed by atoms with Crippen molar-refractivity contribution in [3.05, 3.63) is 64.7 Å². The first-order valence-electron chi connectivity index (χ1n) is 10.3. The lowest BCUT2D eigenvalue weighted by Crippen LogP contribution is -2.31. The first-order valence-corrected chi connectivity index (χ1v) is 10.3. The number of benzene rings is 3. The summed E-state index contributed by atoms with van der Waals surface area (Å²) in [6.07, 6.45) is 0.686. The van der Waals surface area contributed by atoms with Gasteiger partial charge in [0.05, 0.1) is 20.3 Å². The maximum absolute atomic E-state index is 11.0. The van der Waals surface area contributed by atoms with Crippen LogP contribution in [0.5, 0.6) is 28.7 Å². The highest BCUT2D eigenvalue weighted by Crippen LogP contribution is 2.49. The number of aryl methyl sites for hydroxylation is 1. The van der Waals surface area contributed by atoms with Gasteiger partial charge in [-0.25, -0.2) is 0 Å². The molecule has 31 heavy (non-hydrogen) atoms. The normalized spacial score (nSPS) is 18.9. The van der Waals surface area contributed by atoms with Crippen LogP contribution in [0.1, 0.15) is 28.4 Å². The van der Waals surface area contributed by atoms with Gasteiger partial charge in [-0.15, -0.1) is 0 Å². The number of methoxy groups -OCH3 is 2. The molecule has 160 valence electrons. The summed E-state index contributed by atoms with van der Waals surface area (Å²) in [6, 6.07) is 12.3. The van der Waals surface area contributed by atoms with Crippen LogP contribution in [0.3, 0.4) is 0 Å². The van der Waals surface area contributed by atoms with Gasteiger partial charge in [-0.05, 0) is 59.4 Å². The van der Waals surface area contributed by atoms with E-state index in [-0.39, 0.29) is 11.5 Å². The number of rotatable bonds is 3. The Labute approximate surface area is 180 Å². The zero-order valence-corrected chi connectivity index (χ0v) is 17.4. The molecular weight excluding hydrogens is 396 g/mol. The Morgan fingerprint density at radius 3 is 2.48 bits per heavy atom. The van der Waals surface area contributed by atoms with Gasteiger partial charge in [0.25, 0.3) is 0 Å². The molecule has 0 radical (unpaired) electrons. The van der Waals surface area contributed by atoms with Crippen molar-refractivity contribution in [2.75, 3.05) is 14.2 Å². The third kappa shape index (κ3) is 3.15. The van der Waals surface area contributed by atoms with Crippen LogP contribution >= 0.6 is 0 Å². The van der Waals surface area contributed by atoms with Gasteiger partial charge in [0.15, 0.2) is 11.5 Å². The first kappa shape index (κ1) is 19.6. The van der Waals surface area contributed by atoms with Gasteiger partial charge in [-0.1, -0.05) is 12.1 Å². The number of aliphatic hydroxyl groups excluding tert-OH is 1. The molecule has 0 amide bonds. The lowest BCUT2D eigenvalue weighted by molar-refractivity contribution is 0.0202.